The number of nitrogens with zero attached hydrogens (tertiary/aromatic N) is 1. The number of rotatable bonds is 6. The minimum absolute atomic E-state index is 0.0868. The molecule has 0 bridgehead atoms. The van der Waals surface area contributed by atoms with Gasteiger partial charge in [-0.15, -0.1) is 0 Å². The molecular formula is C19H24N2O2. The summed E-state index contributed by atoms with van der Waals surface area (Å²) in [4.78, 5) is 4.28. The zero-order valence-corrected chi connectivity index (χ0v) is 14.1. The zero-order chi connectivity index (χ0) is 16.3. The van der Waals surface area contributed by atoms with Crippen LogP contribution < -0.4 is 14.8 Å². The molecule has 0 aliphatic carbocycles. The Kier molecular flexibility index (Phi) is 4.53. The number of ether oxygens (including phenoxy) is 2. The maximum Gasteiger partial charge on any atom is 0.217 e. The fourth-order valence-electron chi connectivity index (χ4n) is 2.94. The van der Waals surface area contributed by atoms with Crippen LogP contribution in [0.5, 0.6) is 11.6 Å². The molecule has 2 heterocycles. The highest BCUT2D eigenvalue weighted by molar-refractivity contribution is 5.41. The minimum Gasteiger partial charge on any atom is -0.487 e. The number of aromatic nitrogens is 1. The SMILES string of the molecule is CCOc1ncccc1CNCc1ccc2c(c1)CC(C)(C)O2. The Morgan fingerprint density at radius 2 is 2.13 bits per heavy atom. The monoisotopic (exact) mass is 312 g/mol. The van der Waals surface area contributed by atoms with Gasteiger partial charge in [-0.2, -0.15) is 0 Å². The van der Waals surface area contributed by atoms with Crippen molar-refractivity contribution in [1.29, 1.82) is 0 Å². The van der Waals surface area contributed by atoms with Gasteiger partial charge in [0, 0.05) is 31.3 Å². The molecule has 122 valence electrons. The van der Waals surface area contributed by atoms with Crippen molar-refractivity contribution in [2.45, 2.75) is 45.9 Å². The summed E-state index contributed by atoms with van der Waals surface area (Å²) in [5, 5.41) is 3.47. The normalized spacial score (nSPS) is 15.1. The average molecular weight is 312 g/mol. The van der Waals surface area contributed by atoms with Crippen LogP contribution in [0.1, 0.15) is 37.5 Å². The molecule has 1 N–H and O–H groups in total. The first-order valence-electron chi connectivity index (χ1n) is 8.15. The van der Waals surface area contributed by atoms with E-state index in [1.807, 2.05) is 19.1 Å². The smallest absolute Gasteiger partial charge is 0.217 e. The van der Waals surface area contributed by atoms with E-state index in [0.717, 1.165) is 30.8 Å². The van der Waals surface area contributed by atoms with Crippen LogP contribution in [0.3, 0.4) is 0 Å². The second-order valence-corrected chi connectivity index (χ2v) is 6.48. The van der Waals surface area contributed by atoms with E-state index in [0.29, 0.717) is 12.5 Å². The van der Waals surface area contributed by atoms with Gasteiger partial charge in [0.15, 0.2) is 0 Å². The van der Waals surface area contributed by atoms with Crippen LogP contribution in [0, 0.1) is 0 Å². The van der Waals surface area contributed by atoms with E-state index < -0.39 is 0 Å². The Morgan fingerprint density at radius 3 is 2.96 bits per heavy atom. The quantitative estimate of drug-likeness (QED) is 0.887. The Hall–Kier alpha value is -2.07. The maximum absolute atomic E-state index is 5.92. The number of pyridine rings is 1. The van der Waals surface area contributed by atoms with Gasteiger partial charge in [-0.3, -0.25) is 0 Å². The van der Waals surface area contributed by atoms with Crippen molar-refractivity contribution in [3.8, 4) is 11.6 Å². The lowest BCUT2D eigenvalue weighted by Crippen LogP contribution is -2.24. The molecular weight excluding hydrogens is 288 g/mol. The summed E-state index contributed by atoms with van der Waals surface area (Å²) in [6.07, 6.45) is 2.73. The van der Waals surface area contributed by atoms with Gasteiger partial charge in [-0.25, -0.2) is 4.98 Å². The summed E-state index contributed by atoms with van der Waals surface area (Å²) >= 11 is 0. The molecule has 1 aliphatic heterocycles. The third-order valence-corrected chi connectivity index (χ3v) is 3.90. The van der Waals surface area contributed by atoms with Crippen LogP contribution >= 0.6 is 0 Å². The summed E-state index contributed by atoms with van der Waals surface area (Å²) in [5.74, 6) is 1.73. The van der Waals surface area contributed by atoms with Gasteiger partial charge in [0.25, 0.3) is 0 Å². The first kappa shape index (κ1) is 15.8. The number of nitrogens with one attached hydrogen (secondary N) is 1. The van der Waals surface area contributed by atoms with E-state index in [2.05, 4.69) is 42.3 Å². The van der Waals surface area contributed by atoms with Crippen LogP contribution in [0.2, 0.25) is 0 Å². The van der Waals surface area contributed by atoms with Crippen molar-refractivity contribution >= 4 is 0 Å². The lowest BCUT2D eigenvalue weighted by atomic mass is 10.0. The third kappa shape index (κ3) is 3.82. The van der Waals surface area contributed by atoms with Gasteiger partial charge in [-0.05, 0) is 44.0 Å². The Labute approximate surface area is 137 Å². The van der Waals surface area contributed by atoms with E-state index in [4.69, 9.17) is 9.47 Å². The molecule has 0 fully saturated rings. The molecule has 0 saturated heterocycles. The van der Waals surface area contributed by atoms with Crippen LogP contribution in [0.25, 0.3) is 0 Å². The fourth-order valence-corrected chi connectivity index (χ4v) is 2.94. The molecule has 1 aromatic carbocycles. The number of hydrogen-bond acceptors (Lipinski definition) is 4. The van der Waals surface area contributed by atoms with Crippen molar-refractivity contribution in [3.63, 3.8) is 0 Å². The second-order valence-electron chi connectivity index (χ2n) is 6.48. The molecule has 2 aromatic rings. The van der Waals surface area contributed by atoms with Crippen LogP contribution in [-0.2, 0) is 19.5 Å². The van der Waals surface area contributed by atoms with E-state index >= 15 is 0 Å². The minimum atomic E-state index is -0.0868. The molecule has 0 amide bonds. The standard InChI is InChI=1S/C19H24N2O2/c1-4-22-18-15(6-5-9-21-18)13-20-12-14-7-8-17-16(10-14)11-19(2,3)23-17/h5-10,20H,4,11-13H2,1-3H3. The van der Waals surface area contributed by atoms with Gasteiger partial charge in [0.05, 0.1) is 6.61 Å². The van der Waals surface area contributed by atoms with E-state index in [1.165, 1.54) is 11.1 Å². The van der Waals surface area contributed by atoms with Crippen molar-refractivity contribution < 1.29 is 9.47 Å². The first-order chi connectivity index (χ1) is 11.1. The molecule has 1 aromatic heterocycles. The maximum atomic E-state index is 5.92. The molecule has 1 aliphatic rings. The number of hydrogen-bond donors (Lipinski definition) is 1. The van der Waals surface area contributed by atoms with E-state index in [9.17, 15) is 0 Å². The van der Waals surface area contributed by atoms with Gasteiger partial charge in [0.2, 0.25) is 5.88 Å². The Balaban J connectivity index is 1.60. The summed E-state index contributed by atoms with van der Waals surface area (Å²) < 4.78 is 11.5. The van der Waals surface area contributed by atoms with Crippen molar-refractivity contribution in [1.82, 2.24) is 10.3 Å². The molecule has 0 radical (unpaired) electrons. The van der Waals surface area contributed by atoms with Crippen molar-refractivity contribution in [2.24, 2.45) is 0 Å². The van der Waals surface area contributed by atoms with Gasteiger partial charge >= 0.3 is 0 Å². The molecule has 3 rings (SSSR count). The molecule has 4 nitrogen and oxygen atoms in total. The fraction of sp³-hybridized carbons (Fsp3) is 0.421. The summed E-state index contributed by atoms with van der Waals surface area (Å²) in [7, 11) is 0. The Bertz CT molecular complexity index is 683. The van der Waals surface area contributed by atoms with Crippen molar-refractivity contribution in [2.75, 3.05) is 6.61 Å². The van der Waals surface area contributed by atoms with Crippen molar-refractivity contribution in [3.05, 3.63) is 53.2 Å². The molecule has 23 heavy (non-hydrogen) atoms. The number of fused-ring (bicyclic) bond motifs is 1. The highest BCUT2D eigenvalue weighted by Crippen LogP contribution is 2.35. The molecule has 0 spiro atoms. The predicted molar refractivity (Wildman–Crippen MR) is 90.8 cm³/mol. The summed E-state index contributed by atoms with van der Waals surface area (Å²) in [6, 6.07) is 10.4. The zero-order valence-electron chi connectivity index (χ0n) is 14.1. The van der Waals surface area contributed by atoms with E-state index in [1.54, 1.807) is 6.20 Å². The molecule has 4 heteroatoms. The van der Waals surface area contributed by atoms with Crippen LogP contribution in [0.15, 0.2) is 36.5 Å². The second kappa shape index (κ2) is 6.59. The van der Waals surface area contributed by atoms with Crippen LogP contribution in [-0.4, -0.2) is 17.2 Å². The average Bonchev–Trinajstić information content (AvgIpc) is 2.82. The molecule has 0 unspecified atom stereocenters. The van der Waals surface area contributed by atoms with Gasteiger partial charge in [0.1, 0.15) is 11.4 Å². The topological polar surface area (TPSA) is 43.4 Å². The lowest BCUT2D eigenvalue weighted by molar-refractivity contribution is 0.138. The number of benzene rings is 1. The molecule has 0 saturated carbocycles. The largest absolute Gasteiger partial charge is 0.487 e. The van der Waals surface area contributed by atoms with Gasteiger partial charge in [-0.1, -0.05) is 18.2 Å². The van der Waals surface area contributed by atoms with Crippen LogP contribution in [0.4, 0.5) is 0 Å². The third-order valence-electron chi connectivity index (χ3n) is 3.90. The van der Waals surface area contributed by atoms with Gasteiger partial charge < -0.3 is 14.8 Å². The molecule has 0 atom stereocenters. The summed E-state index contributed by atoms with van der Waals surface area (Å²) in [6.45, 7) is 8.41. The first-order valence-corrected chi connectivity index (χ1v) is 8.15. The highest BCUT2D eigenvalue weighted by atomic mass is 16.5. The van der Waals surface area contributed by atoms with E-state index in [-0.39, 0.29) is 5.60 Å². The summed E-state index contributed by atoms with van der Waals surface area (Å²) in [5.41, 5.74) is 3.56. The lowest BCUT2D eigenvalue weighted by Gasteiger charge is -2.16. The Morgan fingerprint density at radius 1 is 1.26 bits per heavy atom. The predicted octanol–water partition coefficient (Wildman–Crippen LogP) is 3.48. The highest BCUT2D eigenvalue weighted by Gasteiger charge is 2.29.